The average molecular weight is 444 g/mol. The summed E-state index contributed by atoms with van der Waals surface area (Å²) in [6.45, 7) is 5.37. The second-order valence-electron chi connectivity index (χ2n) is 6.83. The lowest BCUT2D eigenvalue weighted by molar-refractivity contribution is 0.478. The van der Waals surface area contributed by atoms with E-state index in [1.165, 1.54) is 11.3 Å². The first-order chi connectivity index (χ1) is 14.0. The molecule has 1 unspecified atom stereocenters. The molecule has 3 aromatic rings. The maximum atomic E-state index is 13.0. The van der Waals surface area contributed by atoms with Crippen LogP contribution in [0, 0.1) is 0 Å². The number of aliphatic imine (C=N–C) groups is 1. The van der Waals surface area contributed by atoms with Crippen LogP contribution < -0.4 is 11.5 Å². The van der Waals surface area contributed by atoms with Gasteiger partial charge in [0.05, 0.1) is 11.1 Å². The molecule has 4 rings (SSSR count). The number of thiophene rings is 1. The maximum absolute atomic E-state index is 13.0. The Labute approximate surface area is 180 Å². The van der Waals surface area contributed by atoms with E-state index in [4.69, 9.17) is 16.5 Å². The van der Waals surface area contributed by atoms with E-state index in [0.717, 1.165) is 55.5 Å². The number of nitrogen functional groups attached to an aromatic ring is 1. The van der Waals surface area contributed by atoms with E-state index in [1.54, 1.807) is 23.6 Å². The van der Waals surface area contributed by atoms with Crippen LogP contribution in [-0.4, -0.2) is 26.5 Å². The molecule has 0 saturated heterocycles. The lowest BCUT2D eigenvalue weighted by atomic mass is 10.0. The highest BCUT2D eigenvalue weighted by Crippen LogP contribution is 2.45. The fourth-order valence-electron chi connectivity index (χ4n) is 3.06. The van der Waals surface area contributed by atoms with Crippen molar-refractivity contribution in [1.82, 2.24) is 9.97 Å². The van der Waals surface area contributed by atoms with Crippen molar-refractivity contribution >= 4 is 62.0 Å². The Balaban J connectivity index is 1.88. The van der Waals surface area contributed by atoms with Crippen molar-refractivity contribution in [3.8, 4) is 10.6 Å². The SMILES string of the molecule is C=N/C(N)=C\C=C(/C)c1cc(-c2nccs2)c2c(N)c([S+]([O-])C3CCC3)sc2n1. The molecular weight excluding hydrogens is 422 g/mol. The number of anilines is 1. The van der Waals surface area contributed by atoms with Crippen molar-refractivity contribution in [2.24, 2.45) is 10.7 Å². The van der Waals surface area contributed by atoms with Crippen molar-refractivity contribution < 1.29 is 4.55 Å². The van der Waals surface area contributed by atoms with Gasteiger partial charge in [-0.05, 0) is 50.6 Å². The summed E-state index contributed by atoms with van der Waals surface area (Å²) in [7, 11) is 0. The molecule has 6 nitrogen and oxygen atoms in total. The minimum absolute atomic E-state index is 0.203. The number of hydrogen-bond acceptors (Lipinski definition) is 8. The molecule has 0 radical (unpaired) electrons. The van der Waals surface area contributed by atoms with Crippen molar-refractivity contribution in [1.29, 1.82) is 0 Å². The van der Waals surface area contributed by atoms with E-state index in [1.807, 2.05) is 24.4 Å². The smallest absolute Gasteiger partial charge is 0.232 e. The Kier molecular flexibility index (Phi) is 5.73. The Morgan fingerprint density at radius 2 is 2.21 bits per heavy atom. The van der Waals surface area contributed by atoms with Gasteiger partial charge in [0.1, 0.15) is 26.6 Å². The first kappa shape index (κ1) is 20.1. The van der Waals surface area contributed by atoms with Crippen LogP contribution in [0.4, 0.5) is 5.69 Å². The van der Waals surface area contributed by atoms with Crippen molar-refractivity contribution in [3.05, 3.63) is 41.3 Å². The van der Waals surface area contributed by atoms with Gasteiger partial charge >= 0.3 is 0 Å². The number of allylic oxidation sites excluding steroid dienone is 3. The van der Waals surface area contributed by atoms with E-state index < -0.39 is 11.2 Å². The summed E-state index contributed by atoms with van der Waals surface area (Å²) in [4.78, 5) is 13.8. The molecule has 0 aliphatic heterocycles. The van der Waals surface area contributed by atoms with Gasteiger partial charge in [-0.15, -0.1) is 11.3 Å². The molecule has 1 aliphatic rings. The average Bonchev–Trinajstić information content (AvgIpc) is 3.32. The zero-order valence-corrected chi connectivity index (χ0v) is 18.4. The number of hydrogen-bond donors (Lipinski definition) is 2. The molecule has 1 fully saturated rings. The van der Waals surface area contributed by atoms with Gasteiger partial charge in [0.2, 0.25) is 4.21 Å². The van der Waals surface area contributed by atoms with E-state index in [0.29, 0.717) is 11.5 Å². The van der Waals surface area contributed by atoms with Crippen LogP contribution in [0.15, 0.2) is 44.8 Å². The zero-order chi connectivity index (χ0) is 20.5. The first-order valence-electron chi connectivity index (χ1n) is 9.14. The standard InChI is InChI=1S/C20H21N5OS3/c1-11(6-7-15(21)23-2)14-10-13(18-24-8-9-27-18)16-17(22)20(28-19(16)25-14)29(26)12-4-3-5-12/h6-10,12H,2-5,21-22H2,1H3/b11-6+,15-7-. The van der Waals surface area contributed by atoms with Gasteiger partial charge < -0.3 is 16.0 Å². The first-order valence-corrected chi connectivity index (χ1v) is 12.0. The lowest BCUT2D eigenvalue weighted by Crippen LogP contribution is -2.28. The Bertz CT molecular complexity index is 1110. The summed E-state index contributed by atoms with van der Waals surface area (Å²) in [5.74, 6) is 0.337. The summed E-state index contributed by atoms with van der Waals surface area (Å²) in [6, 6.07) is 1.98. The molecule has 3 aromatic heterocycles. The molecule has 0 bridgehead atoms. The van der Waals surface area contributed by atoms with Crippen LogP contribution in [0.5, 0.6) is 0 Å². The van der Waals surface area contributed by atoms with Crippen molar-refractivity contribution in [3.63, 3.8) is 0 Å². The monoisotopic (exact) mass is 443 g/mol. The molecular formula is C20H21N5OS3. The van der Waals surface area contributed by atoms with E-state index in [9.17, 15) is 4.55 Å². The van der Waals surface area contributed by atoms with Gasteiger partial charge in [-0.2, -0.15) is 0 Å². The van der Waals surface area contributed by atoms with Crippen LogP contribution in [0.3, 0.4) is 0 Å². The number of nitrogens with zero attached hydrogens (tertiary/aromatic N) is 3. The number of thiazole rings is 1. The third-order valence-electron chi connectivity index (χ3n) is 4.96. The van der Waals surface area contributed by atoms with Crippen LogP contribution in [0.1, 0.15) is 31.9 Å². The molecule has 29 heavy (non-hydrogen) atoms. The minimum Gasteiger partial charge on any atom is -0.611 e. The summed E-state index contributed by atoms with van der Waals surface area (Å²) in [5, 5.41) is 3.83. The third-order valence-corrected chi connectivity index (χ3v) is 9.06. The van der Waals surface area contributed by atoms with Gasteiger partial charge in [0.15, 0.2) is 0 Å². The van der Waals surface area contributed by atoms with Crippen LogP contribution in [0.25, 0.3) is 26.4 Å². The number of nitrogens with two attached hydrogens (primary N) is 2. The highest BCUT2D eigenvalue weighted by molar-refractivity contribution is 7.94. The third kappa shape index (κ3) is 3.83. The van der Waals surface area contributed by atoms with E-state index in [2.05, 4.69) is 16.7 Å². The predicted molar refractivity (Wildman–Crippen MR) is 125 cm³/mol. The molecule has 1 saturated carbocycles. The van der Waals surface area contributed by atoms with Gasteiger partial charge in [-0.25, -0.2) is 15.0 Å². The highest BCUT2D eigenvalue weighted by atomic mass is 32.2. The van der Waals surface area contributed by atoms with Crippen LogP contribution in [-0.2, 0) is 11.2 Å². The Hall–Kier alpha value is -2.20. The summed E-state index contributed by atoms with van der Waals surface area (Å²) in [6.07, 6.45) is 8.43. The number of rotatable bonds is 6. The normalized spacial score (nSPS) is 16.8. The highest BCUT2D eigenvalue weighted by Gasteiger charge is 2.35. The minimum atomic E-state index is -1.09. The van der Waals surface area contributed by atoms with Crippen molar-refractivity contribution in [2.75, 3.05) is 5.73 Å². The molecule has 0 spiro atoms. The second-order valence-corrected chi connectivity index (χ2v) is 10.6. The zero-order valence-electron chi connectivity index (χ0n) is 15.9. The largest absolute Gasteiger partial charge is 0.611 e. The molecule has 150 valence electrons. The summed E-state index contributed by atoms with van der Waals surface area (Å²) >= 11 is 1.88. The van der Waals surface area contributed by atoms with Gasteiger partial charge in [-0.1, -0.05) is 17.4 Å². The number of fused-ring (bicyclic) bond motifs is 1. The topological polar surface area (TPSA) is 113 Å². The summed E-state index contributed by atoms with van der Waals surface area (Å²) < 4.78 is 13.7. The number of pyridine rings is 1. The van der Waals surface area contributed by atoms with E-state index in [-0.39, 0.29) is 5.25 Å². The molecule has 1 atom stereocenters. The molecule has 4 N–H and O–H groups in total. The Morgan fingerprint density at radius 3 is 2.83 bits per heavy atom. The molecule has 0 amide bonds. The molecule has 3 heterocycles. The fraction of sp³-hybridized carbons (Fsp3) is 0.250. The van der Waals surface area contributed by atoms with Crippen molar-refractivity contribution in [2.45, 2.75) is 35.6 Å². The fourth-order valence-corrected chi connectivity index (χ4v) is 6.93. The molecule has 1 aliphatic carbocycles. The van der Waals surface area contributed by atoms with Crippen LogP contribution >= 0.6 is 22.7 Å². The lowest BCUT2D eigenvalue weighted by Gasteiger charge is -2.26. The molecule has 0 aromatic carbocycles. The second kappa shape index (κ2) is 8.27. The van der Waals surface area contributed by atoms with Gasteiger partial charge in [0.25, 0.3) is 0 Å². The van der Waals surface area contributed by atoms with E-state index >= 15 is 0 Å². The molecule has 9 heteroatoms. The van der Waals surface area contributed by atoms with Crippen LogP contribution in [0.2, 0.25) is 0 Å². The quantitative estimate of drug-likeness (QED) is 0.329. The summed E-state index contributed by atoms with van der Waals surface area (Å²) in [5.41, 5.74) is 15.4. The number of aromatic nitrogens is 2. The predicted octanol–water partition coefficient (Wildman–Crippen LogP) is 4.57. The van der Waals surface area contributed by atoms with Gasteiger partial charge in [-0.3, -0.25) is 0 Å². The maximum Gasteiger partial charge on any atom is 0.232 e. The van der Waals surface area contributed by atoms with Gasteiger partial charge in [0, 0.05) is 28.3 Å². The Morgan fingerprint density at radius 1 is 1.41 bits per heavy atom.